The molecule has 1 aromatic carbocycles. The Bertz CT molecular complexity index is 294. The number of rotatable bonds is 3. The summed E-state index contributed by atoms with van der Waals surface area (Å²) >= 11 is 0. The van der Waals surface area contributed by atoms with Crippen LogP contribution in [0.25, 0.3) is 0 Å². The molecule has 0 aliphatic carbocycles. The molecular weight excluding hydrogens is 158 g/mol. The fourth-order valence-corrected chi connectivity index (χ4v) is 0.754. The van der Waals surface area contributed by atoms with E-state index in [-0.39, 0.29) is 0 Å². The van der Waals surface area contributed by atoms with Crippen molar-refractivity contribution in [2.75, 3.05) is 7.11 Å². The minimum absolute atomic E-state index is 0.380. The van der Waals surface area contributed by atoms with Crippen molar-refractivity contribution in [2.45, 2.75) is 0 Å². The highest BCUT2D eigenvalue weighted by atomic mass is 16.8. The zero-order chi connectivity index (χ0) is 8.97. The molecule has 1 aromatic rings. The number of nitrogens with one attached hydrogen (secondary N) is 1. The van der Waals surface area contributed by atoms with Crippen LogP contribution in [0.1, 0.15) is 0 Å². The molecule has 0 spiro atoms. The summed E-state index contributed by atoms with van der Waals surface area (Å²) in [7, 11) is 1.29. The third-order valence-electron chi connectivity index (χ3n) is 1.36. The predicted molar refractivity (Wildman–Crippen MR) is 41.5 cm³/mol. The quantitative estimate of drug-likeness (QED) is 0.553. The summed E-state index contributed by atoms with van der Waals surface area (Å²) in [6.45, 7) is 0. The van der Waals surface area contributed by atoms with Gasteiger partial charge in [0.05, 0.1) is 10.6 Å². The van der Waals surface area contributed by atoms with Gasteiger partial charge in [0, 0.05) is 12.1 Å². The Kier molecular flexibility index (Phi) is 2.47. The lowest BCUT2D eigenvalue weighted by Gasteiger charge is -1.88. The van der Waals surface area contributed by atoms with Gasteiger partial charge in [0.1, 0.15) is 0 Å². The van der Waals surface area contributed by atoms with Crippen molar-refractivity contribution in [1.82, 2.24) is 0 Å². The monoisotopic (exact) mass is 166 g/mol. The molecule has 0 bridgehead atoms. The molecule has 1 rings (SSSR count). The largest absolute Gasteiger partial charge is 0.316 e. The third kappa shape index (κ3) is 1.63. The normalized spacial score (nSPS) is 9.08. The molecule has 5 heteroatoms. The first-order valence-corrected chi connectivity index (χ1v) is 3.27. The van der Waals surface area contributed by atoms with Crippen LogP contribution >= 0.6 is 0 Å². The summed E-state index contributed by atoms with van der Waals surface area (Å²) in [5, 5.41) is 3.19. The number of benzene rings is 1. The van der Waals surface area contributed by atoms with E-state index in [1.165, 1.54) is 19.2 Å². The molecule has 0 aromatic heterocycles. The number of nitrogens with zero attached hydrogens (tertiary/aromatic N) is 2. The summed E-state index contributed by atoms with van der Waals surface area (Å²) < 4.78 is 0. The van der Waals surface area contributed by atoms with Crippen LogP contribution in [0.2, 0.25) is 0 Å². The van der Waals surface area contributed by atoms with Crippen molar-refractivity contribution in [1.29, 1.82) is 5.53 Å². The molecule has 0 heterocycles. The van der Waals surface area contributed by atoms with Gasteiger partial charge < -0.3 is 0 Å². The van der Waals surface area contributed by atoms with Crippen LogP contribution in [0, 0.1) is 10.4 Å². The topological polar surface area (TPSA) is 65.5 Å². The van der Waals surface area contributed by atoms with Crippen LogP contribution < -0.4 is 0 Å². The summed E-state index contributed by atoms with van der Waals surface area (Å²) in [5.41, 5.74) is 7.55. The molecular formula is C7H8N3O2+. The molecule has 62 valence electrons. The smallest absolute Gasteiger partial charge is 0.230 e. The second kappa shape index (κ2) is 3.56. The van der Waals surface area contributed by atoms with Gasteiger partial charge >= 0.3 is 5.69 Å². The highest BCUT2D eigenvalue weighted by Gasteiger charge is 2.12. The van der Waals surface area contributed by atoms with Crippen molar-refractivity contribution in [3.8, 4) is 0 Å². The van der Waals surface area contributed by atoms with Crippen molar-refractivity contribution >= 4 is 11.4 Å². The molecule has 0 atom stereocenters. The SMILES string of the molecule is CO[N+](=O)c1ccc(N=N)cc1. The Morgan fingerprint density at radius 2 is 2.00 bits per heavy atom. The molecule has 0 radical (unpaired) electrons. The van der Waals surface area contributed by atoms with E-state index in [4.69, 9.17) is 5.53 Å². The zero-order valence-electron chi connectivity index (χ0n) is 6.52. The van der Waals surface area contributed by atoms with Crippen LogP contribution in [-0.2, 0) is 4.84 Å². The van der Waals surface area contributed by atoms with Gasteiger partial charge in [0.2, 0.25) is 0 Å². The van der Waals surface area contributed by atoms with Gasteiger partial charge in [0.25, 0.3) is 4.92 Å². The summed E-state index contributed by atoms with van der Waals surface area (Å²) in [4.78, 5) is 15.6. The maximum atomic E-state index is 10.8. The van der Waals surface area contributed by atoms with Gasteiger partial charge in [0.15, 0.2) is 7.11 Å². The van der Waals surface area contributed by atoms with Gasteiger partial charge in [-0.2, -0.15) is 5.11 Å². The first-order chi connectivity index (χ1) is 5.77. The standard InChI is InChI=1S/C7H8N3O2/c1-12-10(11)7-4-2-6(9-8)3-5-7/h2-5,8H,1H3/q+1. The molecule has 0 saturated heterocycles. The minimum atomic E-state index is 0.380. The van der Waals surface area contributed by atoms with E-state index in [0.29, 0.717) is 16.3 Å². The Morgan fingerprint density at radius 3 is 2.42 bits per heavy atom. The van der Waals surface area contributed by atoms with E-state index in [1.54, 1.807) is 12.1 Å². The Morgan fingerprint density at radius 1 is 1.42 bits per heavy atom. The Labute approximate surface area is 69.0 Å². The second-order valence-corrected chi connectivity index (χ2v) is 2.07. The maximum absolute atomic E-state index is 10.8. The average molecular weight is 166 g/mol. The molecule has 0 aliphatic heterocycles. The summed E-state index contributed by atoms with van der Waals surface area (Å²) in [6, 6.07) is 6.19. The van der Waals surface area contributed by atoms with Crippen molar-refractivity contribution in [3.05, 3.63) is 29.2 Å². The fraction of sp³-hybridized carbons (Fsp3) is 0.143. The first-order valence-electron chi connectivity index (χ1n) is 3.27. The van der Waals surface area contributed by atoms with E-state index in [1.807, 2.05) is 0 Å². The van der Waals surface area contributed by atoms with Gasteiger partial charge in [-0.3, -0.25) is 0 Å². The predicted octanol–water partition coefficient (Wildman–Crippen LogP) is 2.32. The van der Waals surface area contributed by atoms with Crippen LogP contribution in [-0.4, -0.2) is 12.0 Å². The van der Waals surface area contributed by atoms with E-state index >= 15 is 0 Å². The first kappa shape index (κ1) is 8.32. The lowest BCUT2D eigenvalue weighted by Crippen LogP contribution is -1.96. The molecule has 0 fully saturated rings. The molecule has 0 saturated carbocycles. The molecule has 0 aliphatic rings. The van der Waals surface area contributed by atoms with Crippen LogP contribution in [0.4, 0.5) is 11.4 Å². The Balaban J connectivity index is 2.91. The van der Waals surface area contributed by atoms with E-state index in [2.05, 4.69) is 9.95 Å². The van der Waals surface area contributed by atoms with Crippen LogP contribution in [0.5, 0.6) is 0 Å². The van der Waals surface area contributed by atoms with E-state index < -0.39 is 0 Å². The minimum Gasteiger partial charge on any atom is -0.230 e. The average Bonchev–Trinajstić information content (AvgIpc) is 2.17. The highest BCUT2D eigenvalue weighted by molar-refractivity contribution is 5.42. The van der Waals surface area contributed by atoms with Crippen molar-refractivity contribution in [3.63, 3.8) is 0 Å². The summed E-state index contributed by atoms with van der Waals surface area (Å²) in [5.74, 6) is 0. The Hall–Kier alpha value is -1.78. The van der Waals surface area contributed by atoms with Crippen LogP contribution in [0.3, 0.4) is 0 Å². The number of hydrogen-bond acceptors (Lipinski definition) is 4. The molecule has 1 N–H and O–H groups in total. The van der Waals surface area contributed by atoms with E-state index in [0.717, 1.165) is 0 Å². The van der Waals surface area contributed by atoms with Crippen molar-refractivity contribution in [2.24, 2.45) is 5.11 Å². The van der Waals surface area contributed by atoms with Crippen LogP contribution in [0.15, 0.2) is 29.4 Å². The van der Waals surface area contributed by atoms with Gasteiger partial charge in [-0.1, -0.05) is 0 Å². The molecule has 0 amide bonds. The lowest BCUT2D eigenvalue weighted by molar-refractivity contribution is -0.736. The van der Waals surface area contributed by atoms with Gasteiger partial charge in [-0.25, -0.2) is 10.4 Å². The number of hydrogen-bond donors (Lipinski definition) is 1. The lowest BCUT2D eigenvalue weighted by atomic mass is 10.3. The molecule has 0 unspecified atom stereocenters. The second-order valence-electron chi connectivity index (χ2n) is 2.07. The zero-order valence-corrected chi connectivity index (χ0v) is 6.52. The van der Waals surface area contributed by atoms with Gasteiger partial charge in [-0.05, 0) is 12.1 Å². The third-order valence-corrected chi connectivity index (χ3v) is 1.36. The van der Waals surface area contributed by atoms with E-state index in [9.17, 15) is 4.91 Å². The molecule has 5 nitrogen and oxygen atoms in total. The maximum Gasteiger partial charge on any atom is 0.316 e. The fourth-order valence-electron chi connectivity index (χ4n) is 0.754. The van der Waals surface area contributed by atoms with Crippen molar-refractivity contribution < 1.29 is 9.76 Å². The molecule has 12 heavy (non-hydrogen) atoms. The highest BCUT2D eigenvalue weighted by Crippen LogP contribution is 2.17. The van der Waals surface area contributed by atoms with Gasteiger partial charge in [-0.15, -0.1) is 0 Å². The summed E-state index contributed by atoms with van der Waals surface area (Å²) in [6.07, 6.45) is 0.